The van der Waals surface area contributed by atoms with Crippen LogP contribution in [-0.2, 0) is 4.79 Å². The maximum atomic E-state index is 11.8. The van der Waals surface area contributed by atoms with Gasteiger partial charge in [-0.05, 0) is 31.2 Å². The highest BCUT2D eigenvalue weighted by atomic mass is 16.2. The second-order valence-corrected chi connectivity index (χ2v) is 4.87. The Balaban J connectivity index is 1.96. The minimum absolute atomic E-state index is 0.339. The van der Waals surface area contributed by atoms with Crippen molar-refractivity contribution >= 4 is 5.91 Å². The van der Waals surface area contributed by atoms with Crippen LogP contribution in [-0.4, -0.2) is 30.1 Å². The molecule has 0 spiro atoms. The van der Waals surface area contributed by atoms with E-state index in [-0.39, 0.29) is 0 Å². The first-order valence-corrected chi connectivity index (χ1v) is 5.71. The van der Waals surface area contributed by atoms with E-state index in [1.165, 1.54) is 6.42 Å². The van der Waals surface area contributed by atoms with Crippen molar-refractivity contribution in [1.82, 2.24) is 10.2 Å². The number of amides is 1. The number of carbonyl (C=O) groups is 1. The van der Waals surface area contributed by atoms with Crippen LogP contribution in [0.2, 0.25) is 0 Å². The molecule has 2 fully saturated rings. The van der Waals surface area contributed by atoms with Gasteiger partial charge in [-0.25, -0.2) is 0 Å². The molecule has 3 heteroatoms. The molecule has 2 aliphatic rings. The first kappa shape index (κ1) is 9.97. The van der Waals surface area contributed by atoms with E-state index in [0.717, 1.165) is 25.9 Å². The molecule has 0 radical (unpaired) electrons. The van der Waals surface area contributed by atoms with Gasteiger partial charge >= 0.3 is 0 Å². The summed E-state index contributed by atoms with van der Waals surface area (Å²) in [5, 5.41) is 3.39. The Hall–Kier alpha value is -0.570. The van der Waals surface area contributed by atoms with Crippen molar-refractivity contribution in [3.05, 3.63) is 0 Å². The zero-order chi connectivity index (χ0) is 10.1. The van der Waals surface area contributed by atoms with Crippen molar-refractivity contribution < 1.29 is 4.79 Å². The van der Waals surface area contributed by atoms with Gasteiger partial charge in [0.1, 0.15) is 0 Å². The largest absolute Gasteiger partial charge is 0.327 e. The fourth-order valence-electron chi connectivity index (χ4n) is 2.44. The van der Waals surface area contributed by atoms with Gasteiger partial charge in [0.05, 0.1) is 6.17 Å². The van der Waals surface area contributed by atoms with Gasteiger partial charge in [-0.3, -0.25) is 10.1 Å². The molecule has 0 saturated carbocycles. The van der Waals surface area contributed by atoms with Gasteiger partial charge in [-0.15, -0.1) is 0 Å². The Bertz CT molecular complexity index is 221. The monoisotopic (exact) mass is 196 g/mol. The summed E-state index contributed by atoms with van der Waals surface area (Å²) < 4.78 is 0. The molecule has 2 unspecified atom stereocenters. The lowest BCUT2D eigenvalue weighted by atomic mass is 9.95. The minimum atomic E-state index is 0.339. The summed E-state index contributed by atoms with van der Waals surface area (Å²) >= 11 is 0. The lowest BCUT2D eigenvalue weighted by Gasteiger charge is -2.24. The molecule has 0 bridgehead atoms. The highest BCUT2D eigenvalue weighted by Gasteiger charge is 2.36. The maximum Gasteiger partial charge on any atom is 0.224 e. The summed E-state index contributed by atoms with van der Waals surface area (Å²) in [4.78, 5) is 13.8. The van der Waals surface area contributed by atoms with Gasteiger partial charge < -0.3 is 4.90 Å². The molecule has 2 saturated heterocycles. The van der Waals surface area contributed by atoms with E-state index in [9.17, 15) is 4.79 Å². The molecule has 1 amide bonds. The topological polar surface area (TPSA) is 32.3 Å². The second-order valence-electron chi connectivity index (χ2n) is 4.87. The number of nitrogens with one attached hydrogen (secondary N) is 1. The molecule has 2 aliphatic heterocycles. The van der Waals surface area contributed by atoms with Crippen molar-refractivity contribution in [3.63, 3.8) is 0 Å². The summed E-state index contributed by atoms with van der Waals surface area (Å²) in [5.74, 6) is 1.55. The zero-order valence-electron chi connectivity index (χ0n) is 9.12. The highest BCUT2D eigenvalue weighted by molar-refractivity contribution is 5.79. The maximum absolute atomic E-state index is 11.8. The Kier molecular flexibility index (Phi) is 2.77. The van der Waals surface area contributed by atoms with E-state index in [1.807, 2.05) is 0 Å². The van der Waals surface area contributed by atoms with Crippen LogP contribution in [0.5, 0.6) is 0 Å². The SMILES string of the molecule is CC(C)C1CC(=O)N(C2CCCN2)C1. The van der Waals surface area contributed by atoms with Crippen molar-refractivity contribution in [2.75, 3.05) is 13.1 Å². The minimum Gasteiger partial charge on any atom is -0.327 e. The molecule has 14 heavy (non-hydrogen) atoms. The fraction of sp³-hybridized carbons (Fsp3) is 0.909. The van der Waals surface area contributed by atoms with E-state index >= 15 is 0 Å². The number of likely N-dealkylation sites (tertiary alicyclic amines) is 1. The molecule has 0 aromatic carbocycles. The van der Waals surface area contributed by atoms with Crippen molar-refractivity contribution in [2.45, 2.75) is 39.3 Å². The fourth-order valence-corrected chi connectivity index (χ4v) is 2.44. The van der Waals surface area contributed by atoms with Crippen LogP contribution in [0, 0.1) is 11.8 Å². The van der Waals surface area contributed by atoms with Crippen LogP contribution < -0.4 is 5.32 Å². The van der Waals surface area contributed by atoms with Gasteiger partial charge in [0.2, 0.25) is 5.91 Å². The lowest BCUT2D eigenvalue weighted by Crippen LogP contribution is -2.42. The highest BCUT2D eigenvalue weighted by Crippen LogP contribution is 2.27. The van der Waals surface area contributed by atoms with E-state index < -0.39 is 0 Å². The average molecular weight is 196 g/mol. The zero-order valence-corrected chi connectivity index (χ0v) is 9.12. The molecule has 1 N–H and O–H groups in total. The summed E-state index contributed by atoms with van der Waals surface area (Å²) in [7, 11) is 0. The van der Waals surface area contributed by atoms with Crippen LogP contribution in [0.4, 0.5) is 0 Å². The third kappa shape index (κ3) is 1.78. The van der Waals surface area contributed by atoms with Crippen molar-refractivity contribution in [2.24, 2.45) is 11.8 Å². The molecule has 2 rings (SSSR count). The quantitative estimate of drug-likeness (QED) is 0.719. The standard InChI is InChI=1S/C11H20N2O/c1-8(2)9-6-11(14)13(7-9)10-4-3-5-12-10/h8-10,12H,3-7H2,1-2H3. The number of hydrogen-bond donors (Lipinski definition) is 1. The van der Waals surface area contributed by atoms with Crippen LogP contribution >= 0.6 is 0 Å². The lowest BCUT2D eigenvalue weighted by molar-refractivity contribution is -0.130. The van der Waals surface area contributed by atoms with Gasteiger partial charge in [-0.1, -0.05) is 13.8 Å². The van der Waals surface area contributed by atoms with Crippen molar-refractivity contribution in [1.29, 1.82) is 0 Å². The first-order chi connectivity index (χ1) is 6.68. The number of carbonyl (C=O) groups excluding carboxylic acids is 1. The molecule has 3 nitrogen and oxygen atoms in total. The van der Waals surface area contributed by atoms with Gasteiger partial charge in [-0.2, -0.15) is 0 Å². The Labute approximate surface area is 85.8 Å². The molecule has 0 aromatic rings. The van der Waals surface area contributed by atoms with E-state index in [1.54, 1.807) is 0 Å². The van der Waals surface area contributed by atoms with Gasteiger partial charge in [0.25, 0.3) is 0 Å². The number of rotatable bonds is 2. The van der Waals surface area contributed by atoms with Crippen LogP contribution in [0.1, 0.15) is 33.1 Å². The number of nitrogens with zero attached hydrogens (tertiary/aromatic N) is 1. The average Bonchev–Trinajstić information content (AvgIpc) is 2.71. The number of hydrogen-bond acceptors (Lipinski definition) is 2. The normalized spacial score (nSPS) is 33.4. The summed E-state index contributed by atoms with van der Waals surface area (Å²) in [5.41, 5.74) is 0. The molecule has 0 aliphatic carbocycles. The Morgan fingerprint density at radius 1 is 1.50 bits per heavy atom. The molecular formula is C11H20N2O. The van der Waals surface area contributed by atoms with E-state index in [2.05, 4.69) is 24.1 Å². The van der Waals surface area contributed by atoms with Crippen LogP contribution in [0.15, 0.2) is 0 Å². The second kappa shape index (κ2) is 3.89. The third-order valence-electron chi connectivity index (χ3n) is 3.54. The van der Waals surface area contributed by atoms with Gasteiger partial charge in [0.15, 0.2) is 0 Å². The third-order valence-corrected chi connectivity index (χ3v) is 3.54. The molecular weight excluding hydrogens is 176 g/mol. The molecule has 2 heterocycles. The van der Waals surface area contributed by atoms with Crippen molar-refractivity contribution in [3.8, 4) is 0 Å². The Morgan fingerprint density at radius 2 is 2.29 bits per heavy atom. The van der Waals surface area contributed by atoms with E-state index in [4.69, 9.17) is 0 Å². The summed E-state index contributed by atoms with van der Waals surface area (Å²) in [6.07, 6.45) is 3.44. The summed E-state index contributed by atoms with van der Waals surface area (Å²) in [6.45, 7) is 6.46. The molecule has 80 valence electrons. The molecule has 2 atom stereocenters. The van der Waals surface area contributed by atoms with Gasteiger partial charge in [0, 0.05) is 13.0 Å². The predicted molar refractivity (Wildman–Crippen MR) is 55.7 cm³/mol. The summed E-state index contributed by atoms with van der Waals surface area (Å²) in [6, 6.07) is 0. The molecule has 0 aromatic heterocycles. The first-order valence-electron chi connectivity index (χ1n) is 5.71. The smallest absolute Gasteiger partial charge is 0.224 e. The van der Waals surface area contributed by atoms with E-state index in [0.29, 0.717) is 23.9 Å². The Morgan fingerprint density at radius 3 is 2.79 bits per heavy atom. The predicted octanol–water partition coefficient (Wildman–Crippen LogP) is 1.20. The van der Waals surface area contributed by atoms with Crippen LogP contribution in [0.25, 0.3) is 0 Å². The van der Waals surface area contributed by atoms with Crippen LogP contribution in [0.3, 0.4) is 0 Å².